The number of carbonyl (C=O) groups excluding carboxylic acids is 1. The van der Waals surface area contributed by atoms with Gasteiger partial charge in [0.2, 0.25) is 0 Å². The number of hydrogen-bond acceptors (Lipinski definition) is 4. The fourth-order valence-corrected chi connectivity index (χ4v) is 4.49. The van der Waals surface area contributed by atoms with Crippen molar-refractivity contribution in [1.29, 1.82) is 0 Å². The van der Waals surface area contributed by atoms with E-state index >= 15 is 0 Å². The summed E-state index contributed by atoms with van der Waals surface area (Å²) in [6.45, 7) is 2.42. The normalized spacial score (nSPS) is 15.1. The molecule has 3 heterocycles. The van der Waals surface area contributed by atoms with Crippen LogP contribution in [-0.4, -0.2) is 28.9 Å². The summed E-state index contributed by atoms with van der Waals surface area (Å²) in [5.74, 6) is -0.0791. The molecule has 0 bridgehead atoms. The Morgan fingerprint density at radius 3 is 2.74 bits per heavy atom. The molecular weight excluding hydrogens is 378 g/mol. The first-order valence-corrected chi connectivity index (χ1v) is 10.2. The lowest BCUT2D eigenvalue weighted by Gasteiger charge is -2.35. The monoisotopic (exact) mass is 397 g/mol. The molecule has 1 aliphatic heterocycles. The van der Waals surface area contributed by atoms with Gasteiger partial charge in [0.25, 0.3) is 5.91 Å². The van der Waals surface area contributed by atoms with Crippen molar-refractivity contribution in [1.82, 2.24) is 15.2 Å². The maximum absolute atomic E-state index is 12.5. The number of halogens is 1. The van der Waals surface area contributed by atoms with E-state index in [1.54, 1.807) is 24.5 Å². The first-order valence-electron chi connectivity index (χ1n) is 8.93. The molecule has 1 N–H and O–H groups in total. The predicted octanol–water partition coefficient (Wildman–Crippen LogP) is 4.33. The summed E-state index contributed by atoms with van der Waals surface area (Å²) in [6.07, 6.45) is 4.32. The minimum atomic E-state index is -0.0791. The highest BCUT2D eigenvalue weighted by atomic mass is 35.5. The van der Waals surface area contributed by atoms with E-state index in [9.17, 15) is 4.79 Å². The Bertz CT molecular complexity index is 911. The zero-order valence-corrected chi connectivity index (χ0v) is 16.3. The third kappa shape index (κ3) is 4.21. The van der Waals surface area contributed by atoms with E-state index in [4.69, 9.17) is 11.6 Å². The topological polar surface area (TPSA) is 45.2 Å². The Kier molecular flexibility index (Phi) is 5.53. The molecule has 1 aromatic carbocycles. The Labute approximate surface area is 167 Å². The molecule has 1 atom stereocenters. The summed E-state index contributed by atoms with van der Waals surface area (Å²) in [5, 5.41) is 5.97. The number of carbonyl (C=O) groups is 1. The summed E-state index contributed by atoms with van der Waals surface area (Å²) < 4.78 is 0. The first kappa shape index (κ1) is 18.2. The summed E-state index contributed by atoms with van der Waals surface area (Å²) in [7, 11) is 0. The molecular formula is C21H20ClN3OS. The van der Waals surface area contributed by atoms with Crippen LogP contribution in [0.5, 0.6) is 0 Å². The number of fused-ring (bicyclic) bond motifs is 1. The minimum absolute atomic E-state index is 0.0791. The number of nitrogens with one attached hydrogen (secondary N) is 1. The lowest BCUT2D eigenvalue weighted by atomic mass is 10.0. The van der Waals surface area contributed by atoms with Crippen molar-refractivity contribution in [3.05, 3.63) is 86.8 Å². The van der Waals surface area contributed by atoms with E-state index in [2.05, 4.69) is 38.8 Å². The van der Waals surface area contributed by atoms with Gasteiger partial charge in [0.1, 0.15) is 0 Å². The number of amides is 1. The second-order valence-corrected chi connectivity index (χ2v) is 8.04. The summed E-state index contributed by atoms with van der Waals surface area (Å²) in [5.41, 5.74) is 3.18. The van der Waals surface area contributed by atoms with Gasteiger partial charge in [0.15, 0.2) is 0 Å². The van der Waals surface area contributed by atoms with Crippen molar-refractivity contribution in [2.24, 2.45) is 0 Å². The molecule has 0 fully saturated rings. The SMILES string of the molecule is O=C(NCC(c1ccc(Cl)cc1)N1CCc2sccc2C1)c1ccncc1. The molecule has 0 saturated heterocycles. The zero-order chi connectivity index (χ0) is 18.6. The van der Waals surface area contributed by atoms with Crippen molar-refractivity contribution in [3.8, 4) is 0 Å². The predicted molar refractivity (Wildman–Crippen MR) is 109 cm³/mol. The molecule has 0 spiro atoms. The number of hydrogen-bond donors (Lipinski definition) is 1. The van der Waals surface area contributed by atoms with Crippen molar-refractivity contribution in [2.75, 3.05) is 13.1 Å². The second-order valence-electron chi connectivity index (χ2n) is 6.60. The third-order valence-corrected chi connectivity index (χ3v) is 6.21. The molecule has 1 amide bonds. The molecule has 3 aromatic rings. The van der Waals surface area contributed by atoms with Gasteiger partial charge in [-0.05, 0) is 53.3 Å². The zero-order valence-electron chi connectivity index (χ0n) is 14.8. The maximum atomic E-state index is 12.5. The molecule has 4 nitrogen and oxygen atoms in total. The Hall–Kier alpha value is -2.21. The van der Waals surface area contributed by atoms with Crippen LogP contribution in [0.4, 0.5) is 0 Å². The minimum Gasteiger partial charge on any atom is -0.350 e. The van der Waals surface area contributed by atoms with Gasteiger partial charge in [0.05, 0.1) is 6.04 Å². The van der Waals surface area contributed by atoms with Gasteiger partial charge in [-0.1, -0.05) is 23.7 Å². The van der Waals surface area contributed by atoms with E-state index < -0.39 is 0 Å². The summed E-state index contributed by atoms with van der Waals surface area (Å²) in [4.78, 5) is 20.4. The Morgan fingerprint density at radius 2 is 1.96 bits per heavy atom. The molecule has 1 aliphatic rings. The maximum Gasteiger partial charge on any atom is 0.251 e. The van der Waals surface area contributed by atoms with Gasteiger partial charge in [-0.15, -0.1) is 11.3 Å². The van der Waals surface area contributed by atoms with Crippen molar-refractivity contribution < 1.29 is 4.79 Å². The summed E-state index contributed by atoms with van der Waals surface area (Å²) >= 11 is 7.91. The van der Waals surface area contributed by atoms with Crippen LogP contribution in [0.2, 0.25) is 5.02 Å². The van der Waals surface area contributed by atoms with Gasteiger partial charge < -0.3 is 5.32 Å². The number of benzene rings is 1. The van der Waals surface area contributed by atoms with Crippen LogP contribution in [0.3, 0.4) is 0 Å². The first-order chi connectivity index (χ1) is 13.2. The molecule has 0 saturated carbocycles. The number of aromatic nitrogens is 1. The molecule has 138 valence electrons. The average molecular weight is 398 g/mol. The average Bonchev–Trinajstić information content (AvgIpc) is 3.18. The van der Waals surface area contributed by atoms with Gasteiger partial charge >= 0.3 is 0 Å². The Morgan fingerprint density at radius 1 is 1.19 bits per heavy atom. The third-order valence-electron chi connectivity index (χ3n) is 4.93. The molecule has 4 rings (SSSR count). The molecule has 0 radical (unpaired) electrons. The van der Waals surface area contributed by atoms with Gasteiger partial charge in [-0.25, -0.2) is 0 Å². The lowest BCUT2D eigenvalue weighted by molar-refractivity contribution is 0.0928. The molecule has 2 aromatic heterocycles. The highest BCUT2D eigenvalue weighted by Gasteiger charge is 2.26. The number of pyridine rings is 1. The van der Waals surface area contributed by atoms with Crippen LogP contribution in [-0.2, 0) is 13.0 Å². The van der Waals surface area contributed by atoms with Crippen LogP contribution in [0.25, 0.3) is 0 Å². The highest BCUT2D eigenvalue weighted by molar-refractivity contribution is 7.10. The number of nitrogens with zero attached hydrogens (tertiary/aromatic N) is 2. The van der Waals surface area contributed by atoms with Crippen molar-refractivity contribution in [3.63, 3.8) is 0 Å². The quantitative estimate of drug-likeness (QED) is 0.697. The van der Waals surface area contributed by atoms with E-state index in [1.807, 2.05) is 23.5 Å². The number of thiophene rings is 1. The van der Waals surface area contributed by atoms with Crippen molar-refractivity contribution in [2.45, 2.75) is 19.0 Å². The van der Waals surface area contributed by atoms with Crippen molar-refractivity contribution >= 4 is 28.8 Å². The lowest BCUT2D eigenvalue weighted by Crippen LogP contribution is -2.40. The smallest absolute Gasteiger partial charge is 0.251 e. The largest absolute Gasteiger partial charge is 0.350 e. The van der Waals surface area contributed by atoms with Crippen LogP contribution < -0.4 is 5.32 Å². The molecule has 6 heteroatoms. The number of rotatable bonds is 5. The standard InChI is InChI=1S/C21H20ClN3OS/c22-18-3-1-15(2-4-18)19(13-24-21(26)16-5-9-23-10-6-16)25-11-7-20-17(14-25)8-12-27-20/h1-6,8-10,12,19H,7,11,13-14H2,(H,24,26). The van der Waals surface area contributed by atoms with E-state index in [0.717, 1.165) is 30.1 Å². The summed E-state index contributed by atoms with van der Waals surface area (Å²) in [6, 6.07) is 13.7. The Balaban J connectivity index is 1.53. The van der Waals surface area contributed by atoms with E-state index in [1.165, 1.54) is 10.4 Å². The van der Waals surface area contributed by atoms with E-state index in [-0.39, 0.29) is 11.9 Å². The van der Waals surface area contributed by atoms with Gasteiger partial charge in [0, 0.05) is 47.5 Å². The molecule has 27 heavy (non-hydrogen) atoms. The van der Waals surface area contributed by atoms with Gasteiger partial charge in [-0.2, -0.15) is 0 Å². The van der Waals surface area contributed by atoms with Crippen LogP contribution in [0, 0.1) is 0 Å². The highest BCUT2D eigenvalue weighted by Crippen LogP contribution is 2.30. The van der Waals surface area contributed by atoms with Crippen LogP contribution in [0.15, 0.2) is 60.2 Å². The van der Waals surface area contributed by atoms with Gasteiger partial charge in [-0.3, -0.25) is 14.7 Å². The molecule has 1 unspecified atom stereocenters. The van der Waals surface area contributed by atoms with Crippen LogP contribution in [0.1, 0.15) is 32.4 Å². The fourth-order valence-electron chi connectivity index (χ4n) is 3.47. The van der Waals surface area contributed by atoms with Crippen LogP contribution >= 0.6 is 22.9 Å². The molecule has 0 aliphatic carbocycles. The fraction of sp³-hybridized carbons (Fsp3) is 0.238. The second kappa shape index (κ2) is 8.21. The van der Waals surface area contributed by atoms with E-state index in [0.29, 0.717) is 12.1 Å².